The minimum Gasteiger partial charge on any atom is -0.480 e. The third-order valence-corrected chi connectivity index (χ3v) is 4.92. The van der Waals surface area contributed by atoms with Crippen LogP contribution in [0, 0.1) is 11.8 Å². The number of hydrogen-bond donors (Lipinski definition) is 1. The second-order valence-electron chi connectivity index (χ2n) is 6.18. The van der Waals surface area contributed by atoms with Crippen LogP contribution < -0.4 is 0 Å². The van der Waals surface area contributed by atoms with Crippen molar-refractivity contribution in [3.8, 4) is 0 Å². The van der Waals surface area contributed by atoms with E-state index in [-0.39, 0.29) is 11.8 Å². The number of aliphatic carboxylic acids is 1. The molecule has 0 bridgehead atoms. The maximum Gasteiger partial charge on any atom is 0.326 e. The molecule has 2 aliphatic rings. The maximum absolute atomic E-state index is 12.8. The van der Waals surface area contributed by atoms with Crippen LogP contribution in [0.15, 0.2) is 18.3 Å². The van der Waals surface area contributed by atoms with Gasteiger partial charge in [-0.15, -0.1) is 0 Å². The number of carboxylic acids is 1. The lowest BCUT2D eigenvalue weighted by Gasteiger charge is -2.25. The summed E-state index contributed by atoms with van der Waals surface area (Å²) in [4.78, 5) is 26.0. The smallest absolute Gasteiger partial charge is 0.326 e. The van der Waals surface area contributed by atoms with Crippen LogP contribution in [0.2, 0.25) is 0 Å². The summed E-state index contributed by atoms with van der Waals surface area (Å²) in [6.45, 7) is 3.44. The number of carbonyl (C=O) groups excluding carboxylic acids is 1. The van der Waals surface area contributed by atoms with Crippen molar-refractivity contribution in [3.05, 3.63) is 24.0 Å². The molecule has 1 saturated carbocycles. The first-order valence-corrected chi connectivity index (χ1v) is 7.82. The Labute approximate surface area is 124 Å². The average Bonchev–Trinajstić information content (AvgIpc) is 3.11. The van der Waals surface area contributed by atoms with Crippen LogP contribution in [-0.2, 0) is 11.3 Å². The second-order valence-corrected chi connectivity index (χ2v) is 6.18. The lowest BCUT2D eigenvalue weighted by Crippen LogP contribution is -2.43. The van der Waals surface area contributed by atoms with Crippen LogP contribution in [0.25, 0.3) is 0 Å². The van der Waals surface area contributed by atoms with Crippen molar-refractivity contribution >= 4 is 11.9 Å². The van der Waals surface area contributed by atoms with Gasteiger partial charge in [0.25, 0.3) is 5.91 Å². The number of likely N-dealkylation sites (tertiary alicyclic amines) is 1. The van der Waals surface area contributed by atoms with Gasteiger partial charge in [0.1, 0.15) is 11.7 Å². The summed E-state index contributed by atoms with van der Waals surface area (Å²) >= 11 is 0. The lowest BCUT2D eigenvalue weighted by molar-refractivity contribution is -0.142. The quantitative estimate of drug-likeness (QED) is 0.925. The van der Waals surface area contributed by atoms with Crippen molar-refractivity contribution in [1.82, 2.24) is 9.47 Å². The van der Waals surface area contributed by atoms with Crippen LogP contribution in [0.4, 0.5) is 0 Å². The predicted octanol–water partition coefficient (Wildman–Crippen LogP) is 2.22. The molecular formula is C16H22N2O3. The highest BCUT2D eigenvalue weighted by molar-refractivity contribution is 5.96. The summed E-state index contributed by atoms with van der Waals surface area (Å²) in [5.41, 5.74) is 0.614. The number of hydrogen-bond acceptors (Lipinski definition) is 2. The van der Waals surface area contributed by atoms with Gasteiger partial charge >= 0.3 is 5.97 Å². The molecule has 1 amide bonds. The largest absolute Gasteiger partial charge is 0.480 e. The van der Waals surface area contributed by atoms with Crippen molar-refractivity contribution in [2.45, 2.75) is 45.2 Å². The zero-order chi connectivity index (χ0) is 15.0. The molecule has 0 aromatic carbocycles. The Balaban J connectivity index is 1.86. The summed E-state index contributed by atoms with van der Waals surface area (Å²) in [6.07, 6.45) is 5.91. The first kappa shape index (κ1) is 14.2. The zero-order valence-corrected chi connectivity index (χ0v) is 12.4. The molecule has 1 aliphatic carbocycles. The highest BCUT2D eigenvalue weighted by Crippen LogP contribution is 2.42. The van der Waals surface area contributed by atoms with E-state index in [1.807, 2.05) is 16.8 Å². The van der Waals surface area contributed by atoms with Gasteiger partial charge in [0.15, 0.2) is 0 Å². The van der Waals surface area contributed by atoms with E-state index in [1.54, 1.807) is 11.0 Å². The van der Waals surface area contributed by atoms with Crippen molar-refractivity contribution in [3.63, 3.8) is 0 Å². The lowest BCUT2D eigenvalue weighted by atomic mass is 9.94. The molecular weight excluding hydrogens is 268 g/mol. The first-order valence-electron chi connectivity index (χ1n) is 7.82. The predicted molar refractivity (Wildman–Crippen MR) is 78.0 cm³/mol. The minimum absolute atomic E-state index is 0.129. The van der Waals surface area contributed by atoms with Gasteiger partial charge in [-0.25, -0.2) is 4.79 Å². The molecule has 2 heterocycles. The Bertz CT molecular complexity index is 551. The Morgan fingerprint density at radius 1 is 1.38 bits per heavy atom. The second kappa shape index (κ2) is 5.54. The van der Waals surface area contributed by atoms with Gasteiger partial charge in [-0.05, 0) is 43.2 Å². The number of aryl methyl sites for hydroxylation is 1. The number of carbonyl (C=O) groups is 2. The molecule has 2 fully saturated rings. The highest BCUT2D eigenvalue weighted by atomic mass is 16.4. The Hall–Kier alpha value is -1.78. The number of aromatic nitrogens is 1. The average molecular weight is 290 g/mol. The van der Waals surface area contributed by atoms with Gasteiger partial charge in [-0.1, -0.05) is 13.3 Å². The van der Waals surface area contributed by atoms with E-state index in [1.165, 1.54) is 0 Å². The number of nitrogens with zero attached hydrogens (tertiary/aromatic N) is 2. The van der Waals surface area contributed by atoms with Crippen LogP contribution >= 0.6 is 0 Å². The van der Waals surface area contributed by atoms with Crippen LogP contribution in [0.5, 0.6) is 0 Å². The summed E-state index contributed by atoms with van der Waals surface area (Å²) in [7, 11) is 0. The third kappa shape index (κ3) is 2.34. The highest BCUT2D eigenvalue weighted by Gasteiger charge is 2.49. The van der Waals surface area contributed by atoms with Gasteiger partial charge < -0.3 is 14.6 Å². The van der Waals surface area contributed by atoms with E-state index in [0.717, 1.165) is 32.2 Å². The molecule has 1 aromatic rings. The summed E-state index contributed by atoms with van der Waals surface area (Å²) in [5, 5.41) is 9.55. The number of amides is 1. The molecule has 3 rings (SSSR count). The molecule has 3 unspecified atom stereocenters. The normalized spacial score (nSPS) is 27.9. The fourth-order valence-electron chi connectivity index (χ4n) is 4.02. The summed E-state index contributed by atoms with van der Waals surface area (Å²) in [6, 6.07) is 3.01. The third-order valence-electron chi connectivity index (χ3n) is 4.92. The van der Waals surface area contributed by atoms with Crippen LogP contribution in [-0.4, -0.2) is 39.0 Å². The van der Waals surface area contributed by atoms with Gasteiger partial charge in [0, 0.05) is 19.3 Å². The zero-order valence-electron chi connectivity index (χ0n) is 12.4. The number of rotatable bonds is 4. The molecule has 3 atom stereocenters. The monoisotopic (exact) mass is 290 g/mol. The standard InChI is InChI=1S/C16H22N2O3/c1-2-8-17-9-4-7-13(17)15(19)18-10-11-5-3-6-12(11)14(18)16(20)21/h4,7,9,11-12,14H,2-3,5-6,8,10H2,1H3,(H,20,21). The van der Waals surface area contributed by atoms with E-state index in [2.05, 4.69) is 6.92 Å². The number of carboxylic acid groups (broad SMARTS) is 1. The van der Waals surface area contributed by atoms with E-state index in [9.17, 15) is 14.7 Å². The van der Waals surface area contributed by atoms with Gasteiger partial charge in [0.05, 0.1) is 0 Å². The molecule has 5 nitrogen and oxygen atoms in total. The molecule has 5 heteroatoms. The molecule has 0 radical (unpaired) electrons. The van der Waals surface area contributed by atoms with E-state index < -0.39 is 12.0 Å². The van der Waals surface area contributed by atoms with Crippen molar-refractivity contribution < 1.29 is 14.7 Å². The molecule has 114 valence electrons. The Morgan fingerprint density at radius 2 is 2.19 bits per heavy atom. The topological polar surface area (TPSA) is 62.5 Å². The molecule has 0 spiro atoms. The van der Waals surface area contributed by atoms with Crippen molar-refractivity contribution in [1.29, 1.82) is 0 Å². The molecule has 1 aliphatic heterocycles. The van der Waals surface area contributed by atoms with Crippen molar-refractivity contribution in [2.75, 3.05) is 6.54 Å². The van der Waals surface area contributed by atoms with Crippen LogP contribution in [0.3, 0.4) is 0 Å². The fourth-order valence-corrected chi connectivity index (χ4v) is 4.02. The van der Waals surface area contributed by atoms with Gasteiger partial charge in [-0.3, -0.25) is 4.79 Å². The minimum atomic E-state index is -0.855. The van der Waals surface area contributed by atoms with Gasteiger partial charge in [0.2, 0.25) is 0 Å². The van der Waals surface area contributed by atoms with E-state index >= 15 is 0 Å². The summed E-state index contributed by atoms with van der Waals surface area (Å²) < 4.78 is 1.93. The molecule has 21 heavy (non-hydrogen) atoms. The molecule has 1 aromatic heterocycles. The SMILES string of the molecule is CCCn1cccc1C(=O)N1CC2CCCC2C1C(=O)O. The van der Waals surface area contributed by atoms with E-state index in [0.29, 0.717) is 18.2 Å². The first-order chi connectivity index (χ1) is 10.1. The van der Waals surface area contributed by atoms with Crippen LogP contribution in [0.1, 0.15) is 43.1 Å². The number of fused-ring (bicyclic) bond motifs is 1. The Kier molecular flexibility index (Phi) is 3.74. The maximum atomic E-state index is 12.8. The van der Waals surface area contributed by atoms with Crippen molar-refractivity contribution in [2.24, 2.45) is 11.8 Å². The fraction of sp³-hybridized carbons (Fsp3) is 0.625. The van der Waals surface area contributed by atoms with E-state index in [4.69, 9.17) is 0 Å². The summed E-state index contributed by atoms with van der Waals surface area (Å²) in [5.74, 6) is -0.479. The Morgan fingerprint density at radius 3 is 2.90 bits per heavy atom. The molecule has 1 saturated heterocycles. The van der Waals surface area contributed by atoms with Gasteiger partial charge in [-0.2, -0.15) is 0 Å². The molecule has 1 N–H and O–H groups in total.